The SMILES string of the molecule is COc1ccc(O)c(CN=C(N)N2CCC(C)CC2)c1.I. The van der Waals surface area contributed by atoms with Crippen molar-refractivity contribution in [2.75, 3.05) is 20.2 Å². The van der Waals surface area contributed by atoms with Gasteiger partial charge in [0.1, 0.15) is 11.5 Å². The van der Waals surface area contributed by atoms with E-state index in [0.717, 1.165) is 37.4 Å². The molecule has 0 unspecified atom stereocenters. The maximum absolute atomic E-state index is 9.81. The smallest absolute Gasteiger partial charge is 0.191 e. The van der Waals surface area contributed by atoms with Crippen LogP contribution in [-0.4, -0.2) is 36.2 Å². The molecule has 3 N–H and O–H groups in total. The van der Waals surface area contributed by atoms with Crippen molar-refractivity contribution in [1.82, 2.24) is 4.90 Å². The number of aromatic hydroxyl groups is 1. The van der Waals surface area contributed by atoms with Crippen LogP contribution in [0.15, 0.2) is 23.2 Å². The first-order chi connectivity index (χ1) is 9.60. The number of guanidine groups is 1. The van der Waals surface area contributed by atoms with Crippen LogP contribution in [0.1, 0.15) is 25.3 Å². The van der Waals surface area contributed by atoms with E-state index < -0.39 is 0 Å². The molecular formula is C15H24IN3O2. The molecule has 0 aromatic heterocycles. The fourth-order valence-corrected chi connectivity index (χ4v) is 2.32. The van der Waals surface area contributed by atoms with E-state index in [0.29, 0.717) is 18.3 Å². The third-order valence-corrected chi connectivity index (χ3v) is 3.81. The van der Waals surface area contributed by atoms with Crippen LogP contribution in [0, 0.1) is 5.92 Å². The highest BCUT2D eigenvalue weighted by Gasteiger charge is 2.17. The highest BCUT2D eigenvalue weighted by Crippen LogP contribution is 2.23. The van der Waals surface area contributed by atoms with E-state index in [4.69, 9.17) is 10.5 Å². The topological polar surface area (TPSA) is 71.1 Å². The normalized spacial score (nSPS) is 16.5. The minimum Gasteiger partial charge on any atom is -0.508 e. The Balaban J connectivity index is 0.00000220. The molecule has 1 aliphatic heterocycles. The molecule has 0 amide bonds. The molecule has 1 aromatic carbocycles. The summed E-state index contributed by atoms with van der Waals surface area (Å²) in [5.74, 6) is 2.24. The molecule has 118 valence electrons. The van der Waals surface area contributed by atoms with Gasteiger partial charge in [0, 0.05) is 18.7 Å². The Hall–Kier alpha value is -1.18. The number of aliphatic imine (C=N–C) groups is 1. The zero-order valence-corrected chi connectivity index (χ0v) is 14.9. The van der Waals surface area contributed by atoms with Crippen LogP contribution in [0.2, 0.25) is 0 Å². The van der Waals surface area contributed by atoms with Gasteiger partial charge in [-0.05, 0) is 37.0 Å². The number of phenolic OH excluding ortho intramolecular Hbond substituents is 1. The third-order valence-electron chi connectivity index (χ3n) is 3.81. The first kappa shape index (κ1) is 17.9. The lowest BCUT2D eigenvalue weighted by Crippen LogP contribution is -2.42. The third kappa shape index (κ3) is 4.94. The summed E-state index contributed by atoms with van der Waals surface area (Å²) in [6, 6.07) is 5.12. The van der Waals surface area contributed by atoms with Crippen molar-refractivity contribution >= 4 is 29.9 Å². The predicted molar refractivity (Wildman–Crippen MR) is 95.4 cm³/mol. The van der Waals surface area contributed by atoms with Gasteiger partial charge in [-0.15, -0.1) is 24.0 Å². The van der Waals surface area contributed by atoms with Crippen molar-refractivity contribution in [3.8, 4) is 11.5 Å². The van der Waals surface area contributed by atoms with Gasteiger partial charge in [0.05, 0.1) is 13.7 Å². The fourth-order valence-electron chi connectivity index (χ4n) is 2.32. The number of nitrogens with zero attached hydrogens (tertiary/aromatic N) is 2. The number of phenols is 1. The molecule has 0 aliphatic carbocycles. The van der Waals surface area contributed by atoms with E-state index in [2.05, 4.69) is 16.8 Å². The Bertz CT molecular complexity index is 486. The minimum absolute atomic E-state index is 0. The van der Waals surface area contributed by atoms with Gasteiger partial charge in [-0.2, -0.15) is 0 Å². The monoisotopic (exact) mass is 405 g/mol. The average molecular weight is 405 g/mol. The number of methoxy groups -OCH3 is 1. The quantitative estimate of drug-likeness (QED) is 0.461. The average Bonchev–Trinajstić information content (AvgIpc) is 2.47. The molecule has 1 fully saturated rings. The summed E-state index contributed by atoms with van der Waals surface area (Å²) in [7, 11) is 1.60. The summed E-state index contributed by atoms with van der Waals surface area (Å²) < 4.78 is 5.14. The number of rotatable bonds is 3. The largest absolute Gasteiger partial charge is 0.508 e. The number of ether oxygens (including phenoxy) is 1. The Labute approximate surface area is 143 Å². The van der Waals surface area contributed by atoms with Crippen molar-refractivity contribution in [3.05, 3.63) is 23.8 Å². The zero-order valence-electron chi connectivity index (χ0n) is 12.6. The first-order valence-corrected chi connectivity index (χ1v) is 7.01. The summed E-state index contributed by atoms with van der Waals surface area (Å²) in [4.78, 5) is 6.49. The van der Waals surface area contributed by atoms with Gasteiger partial charge in [0.2, 0.25) is 0 Å². The summed E-state index contributed by atoms with van der Waals surface area (Å²) in [5, 5.41) is 9.81. The van der Waals surface area contributed by atoms with E-state index >= 15 is 0 Å². The van der Waals surface area contributed by atoms with E-state index in [1.54, 1.807) is 25.3 Å². The molecule has 0 saturated carbocycles. The van der Waals surface area contributed by atoms with Crippen LogP contribution < -0.4 is 10.5 Å². The van der Waals surface area contributed by atoms with Gasteiger partial charge in [0.15, 0.2) is 5.96 Å². The Morgan fingerprint density at radius 1 is 1.43 bits per heavy atom. The number of hydrogen-bond donors (Lipinski definition) is 2. The van der Waals surface area contributed by atoms with Crippen molar-refractivity contribution in [2.45, 2.75) is 26.3 Å². The van der Waals surface area contributed by atoms with Gasteiger partial charge in [0.25, 0.3) is 0 Å². The second kappa shape index (κ2) is 8.31. The van der Waals surface area contributed by atoms with Gasteiger partial charge in [-0.1, -0.05) is 6.92 Å². The van der Waals surface area contributed by atoms with Crippen molar-refractivity contribution in [2.24, 2.45) is 16.6 Å². The second-order valence-corrected chi connectivity index (χ2v) is 5.34. The lowest BCUT2D eigenvalue weighted by molar-refractivity contribution is 0.277. The lowest BCUT2D eigenvalue weighted by atomic mass is 10.00. The molecular weight excluding hydrogens is 381 g/mol. The van der Waals surface area contributed by atoms with Crippen LogP contribution in [0.5, 0.6) is 11.5 Å². The maximum Gasteiger partial charge on any atom is 0.191 e. The number of hydrogen-bond acceptors (Lipinski definition) is 3. The fraction of sp³-hybridized carbons (Fsp3) is 0.533. The molecule has 0 spiro atoms. The predicted octanol–water partition coefficient (Wildman–Crippen LogP) is 2.57. The van der Waals surface area contributed by atoms with Crippen molar-refractivity contribution in [3.63, 3.8) is 0 Å². The molecule has 0 radical (unpaired) electrons. The van der Waals surface area contributed by atoms with Crippen LogP contribution in [0.4, 0.5) is 0 Å². The first-order valence-electron chi connectivity index (χ1n) is 7.01. The molecule has 1 aromatic rings. The standard InChI is InChI=1S/C15H23N3O2.HI/c1-11-5-7-18(8-6-11)15(16)17-10-12-9-13(20-2)3-4-14(12)19;/h3-4,9,11,19H,5-8,10H2,1-2H3,(H2,16,17);1H. The molecule has 6 heteroatoms. The zero-order chi connectivity index (χ0) is 14.5. The molecule has 1 heterocycles. The summed E-state index contributed by atoms with van der Waals surface area (Å²) in [5.41, 5.74) is 6.75. The van der Waals surface area contributed by atoms with Crippen molar-refractivity contribution in [1.29, 1.82) is 0 Å². The number of piperidine rings is 1. The maximum atomic E-state index is 9.81. The van der Waals surface area contributed by atoms with E-state index in [9.17, 15) is 5.11 Å². The molecule has 0 bridgehead atoms. The lowest BCUT2D eigenvalue weighted by Gasteiger charge is -2.31. The van der Waals surface area contributed by atoms with Gasteiger partial charge >= 0.3 is 0 Å². The second-order valence-electron chi connectivity index (χ2n) is 5.34. The molecule has 0 atom stereocenters. The molecule has 21 heavy (non-hydrogen) atoms. The van der Waals surface area contributed by atoms with Gasteiger partial charge in [-0.3, -0.25) is 0 Å². The van der Waals surface area contributed by atoms with E-state index in [-0.39, 0.29) is 29.7 Å². The highest BCUT2D eigenvalue weighted by molar-refractivity contribution is 14.0. The number of likely N-dealkylation sites (tertiary alicyclic amines) is 1. The van der Waals surface area contributed by atoms with Crippen LogP contribution in [0.25, 0.3) is 0 Å². The van der Waals surface area contributed by atoms with E-state index in [1.165, 1.54) is 0 Å². The summed E-state index contributed by atoms with van der Waals surface area (Å²) >= 11 is 0. The minimum atomic E-state index is 0. The van der Waals surface area contributed by atoms with Crippen LogP contribution >= 0.6 is 24.0 Å². The van der Waals surface area contributed by atoms with Gasteiger partial charge < -0.3 is 20.5 Å². The molecule has 1 aliphatic rings. The highest BCUT2D eigenvalue weighted by atomic mass is 127. The number of nitrogens with two attached hydrogens (primary N) is 1. The van der Waals surface area contributed by atoms with Gasteiger partial charge in [-0.25, -0.2) is 4.99 Å². The molecule has 2 rings (SSSR count). The molecule has 5 nitrogen and oxygen atoms in total. The Morgan fingerprint density at radius 3 is 2.71 bits per heavy atom. The van der Waals surface area contributed by atoms with Crippen LogP contribution in [-0.2, 0) is 6.54 Å². The summed E-state index contributed by atoms with van der Waals surface area (Å²) in [6.45, 7) is 4.54. The Kier molecular flexibility index (Phi) is 7.07. The van der Waals surface area contributed by atoms with Crippen LogP contribution in [0.3, 0.4) is 0 Å². The van der Waals surface area contributed by atoms with Crippen molar-refractivity contribution < 1.29 is 9.84 Å². The Morgan fingerprint density at radius 2 is 2.10 bits per heavy atom. The van der Waals surface area contributed by atoms with E-state index in [1.807, 2.05) is 0 Å². The molecule has 1 saturated heterocycles. The summed E-state index contributed by atoms with van der Waals surface area (Å²) in [6.07, 6.45) is 2.31. The number of benzene rings is 1. The number of halogens is 1.